The van der Waals surface area contributed by atoms with Crippen molar-refractivity contribution < 1.29 is 14.3 Å². The summed E-state index contributed by atoms with van der Waals surface area (Å²) in [4.78, 5) is 12.6. The van der Waals surface area contributed by atoms with Gasteiger partial charge in [0.05, 0.1) is 12.6 Å². The molecule has 0 saturated carbocycles. The number of carbonyl (C=O) groups excluding carboxylic acids is 1. The summed E-state index contributed by atoms with van der Waals surface area (Å²) in [5.41, 5.74) is 2.35. The maximum absolute atomic E-state index is 12.6. The van der Waals surface area contributed by atoms with Gasteiger partial charge in [-0.3, -0.25) is 4.57 Å². The Morgan fingerprint density at radius 1 is 0.929 bits per heavy atom. The summed E-state index contributed by atoms with van der Waals surface area (Å²) in [5, 5.41) is 3.24. The van der Waals surface area contributed by atoms with Crippen molar-refractivity contribution in [2.45, 2.75) is 26.4 Å². The van der Waals surface area contributed by atoms with Crippen LogP contribution in [0.15, 0.2) is 66.9 Å². The molecule has 1 heterocycles. The molecule has 4 aromatic rings. The minimum absolute atomic E-state index is 0.379. The average molecular weight is 373 g/mol. The third kappa shape index (κ3) is 3.33. The van der Waals surface area contributed by atoms with Crippen molar-refractivity contribution >= 4 is 27.8 Å². The van der Waals surface area contributed by atoms with E-state index in [1.165, 1.54) is 0 Å². The van der Waals surface area contributed by atoms with Gasteiger partial charge in [0.1, 0.15) is 11.4 Å². The van der Waals surface area contributed by atoms with Crippen LogP contribution < -0.4 is 4.74 Å². The smallest absolute Gasteiger partial charge is 0.418 e. The highest BCUT2D eigenvalue weighted by Gasteiger charge is 2.19. The maximum atomic E-state index is 12.6. The van der Waals surface area contributed by atoms with E-state index in [0.29, 0.717) is 0 Å². The molecule has 4 heteroatoms. The number of carbonyl (C=O) groups is 1. The van der Waals surface area contributed by atoms with Crippen LogP contribution in [0.2, 0.25) is 0 Å². The van der Waals surface area contributed by atoms with Gasteiger partial charge in [-0.25, -0.2) is 4.79 Å². The van der Waals surface area contributed by atoms with E-state index in [9.17, 15) is 4.79 Å². The number of hydrogen-bond donors (Lipinski definition) is 0. The topological polar surface area (TPSA) is 40.5 Å². The molecule has 0 bridgehead atoms. The number of nitrogens with zero attached hydrogens (tertiary/aromatic N) is 1. The fourth-order valence-electron chi connectivity index (χ4n) is 3.41. The van der Waals surface area contributed by atoms with Crippen LogP contribution in [-0.4, -0.2) is 23.4 Å². The van der Waals surface area contributed by atoms with Gasteiger partial charge in [-0.15, -0.1) is 0 Å². The second-order valence-electron chi connectivity index (χ2n) is 7.84. The monoisotopic (exact) mass is 373 g/mol. The molecule has 4 rings (SSSR count). The minimum atomic E-state index is -0.547. The van der Waals surface area contributed by atoms with Crippen LogP contribution in [-0.2, 0) is 4.74 Å². The van der Waals surface area contributed by atoms with E-state index in [1.807, 2.05) is 63.2 Å². The first-order valence-corrected chi connectivity index (χ1v) is 9.27. The predicted molar refractivity (Wildman–Crippen MR) is 113 cm³/mol. The Bertz CT molecular complexity index is 1180. The van der Waals surface area contributed by atoms with Crippen LogP contribution >= 0.6 is 0 Å². The van der Waals surface area contributed by atoms with Gasteiger partial charge in [-0.1, -0.05) is 36.4 Å². The van der Waals surface area contributed by atoms with Crippen LogP contribution in [0.25, 0.3) is 32.8 Å². The van der Waals surface area contributed by atoms with E-state index < -0.39 is 5.60 Å². The van der Waals surface area contributed by atoms with Crippen LogP contribution in [0.5, 0.6) is 5.75 Å². The number of rotatable bonds is 2. The summed E-state index contributed by atoms with van der Waals surface area (Å²) in [5.74, 6) is 0.802. The summed E-state index contributed by atoms with van der Waals surface area (Å²) in [6, 6.07) is 20.3. The standard InChI is InChI=1S/C24H23NO3/c1-24(2,3)28-23(26)25-12-11-16-9-10-18(14-22(16)25)21-15-19(27-4)13-17-7-5-6-8-20(17)21/h5-15H,1-4H3. The third-order valence-corrected chi connectivity index (χ3v) is 4.67. The van der Waals surface area contributed by atoms with Gasteiger partial charge in [0.15, 0.2) is 0 Å². The molecule has 142 valence electrons. The lowest BCUT2D eigenvalue weighted by Crippen LogP contribution is -2.26. The number of hydrogen-bond acceptors (Lipinski definition) is 3. The van der Waals surface area contributed by atoms with Gasteiger partial charge in [0.2, 0.25) is 0 Å². The van der Waals surface area contributed by atoms with Crippen molar-refractivity contribution in [3.05, 3.63) is 66.9 Å². The van der Waals surface area contributed by atoms with Gasteiger partial charge in [0.25, 0.3) is 0 Å². The zero-order valence-corrected chi connectivity index (χ0v) is 16.5. The van der Waals surface area contributed by atoms with Crippen molar-refractivity contribution in [1.29, 1.82) is 0 Å². The Morgan fingerprint density at radius 3 is 2.46 bits per heavy atom. The van der Waals surface area contributed by atoms with Gasteiger partial charge < -0.3 is 9.47 Å². The van der Waals surface area contributed by atoms with Gasteiger partial charge in [-0.2, -0.15) is 0 Å². The van der Waals surface area contributed by atoms with Gasteiger partial charge >= 0.3 is 6.09 Å². The zero-order chi connectivity index (χ0) is 19.9. The highest BCUT2D eigenvalue weighted by molar-refractivity contribution is 6.00. The fourth-order valence-corrected chi connectivity index (χ4v) is 3.41. The molecule has 0 aliphatic rings. The summed E-state index contributed by atoms with van der Waals surface area (Å²) < 4.78 is 12.6. The van der Waals surface area contributed by atoms with Gasteiger partial charge in [-0.05, 0) is 66.9 Å². The lowest BCUT2D eigenvalue weighted by atomic mass is 9.97. The lowest BCUT2D eigenvalue weighted by Gasteiger charge is -2.20. The summed E-state index contributed by atoms with van der Waals surface area (Å²) in [7, 11) is 1.67. The molecule has 0 aliphatic carbocycles. The highest BCUT2D eigenvalue weighted by atomic mass is 16.6. The number of aromatic nitrogens is 1. The maximum Gasteiger partial charge on any atom is 0.418 e. The Kier molecular flexibility index (Phi) is 4.34. The molecule has 0 aliphatic heterocycles. The predicted octanol–water partition coefficient (Wildman–Crippen LogP) is 6.25. The third-order valence-electron chi connectivity index (χ3n) is 4.67. The quantitative estimate of drug-likeness (QED) is 0.417. The van der Waals surface area contributed by atoms with E-state index >= 15 is 0 Å². The molecule has 0 atom stereocenters. The highest BCUT2D eigenvalue weighted by Crippen LogP contribution is 2.34. The number of ether oxygens (including phenoxy) is 2. The first kappa shape index (κ1) is 18.1. The number of fused-ring (bicyclic) bond motifs is 2. The summed E-state index contributed by atoms with van der Waals surface area (Å²) in [6.07, 6.45) is 1.38. The van der Waals surface area contributed by atoms with Gasteiger partial charge in [0, 0.05) is 11.6 Å². The first-order chi connectivity index (χ1) is 13.4. The average Bonchev–Trinajstić information content (AvgIpc) is 3.09. The number of benzene rings is 3. The van der Waals surface area contributed by atoms with Crippen molar-refractivity contribution in [3.8, 4) is 16.9 Å². The molecule has 4 nitrogen and oxygen atoms in total. The molecule has 0 N–H and O–H groups in total. The van der Waals surface area contributed by atoms with Crippen LogP contribution in [0.3, 0.4) is 0 Å². The normalized spacial score (nSPS) is 11.7. The Balaban J connectivity index is 1.88. The van der Waals surface area contributed by atoms with Crippen molar-refractivity contribution in [3.63, 3.8) is 0 Å². The Hall–Kier alpha value is -3.27. The van der Waals surface area contributed by atoms with E-state index in [4.69, 9.17) is 9.47 Å². The first-order valence-electron chi connectivity index (χ1n) is 9.27. The van der Waals surface area contributed by atoms with Crippen molar-refractivity contribution in [2.24, 2.45) is 0 Å². The summed E-state index contributed by atoms with van der Waals surface area (Å²) in [6.45, 7) is 5.60. The van der Waals surface area contributed by atoms with Crippen LogP contribution in [0, 0.1) is 0 Å². The molecule has 3 aromatic carbocycles. The minimum Gasteiger partial charge on any atom is -0.497 e. The molecular formula is C24H23NO3. The molecule has 0 fully saturated rings. The molecule has 1 aromatic heterocycles. The number of methoxy groups -OCH3 is 1. The van der Waals surface area contributed by atoms with E-state index in [2.05, 4.69) is 18.2 Å². The molecule has 0 spiro atoms. The largest absolute Gasteiger partial charge is 0.497 e. The molecule has 0 unspecified atom stereocenters. The molecule has 28 heavy (non-hydrogen) atoms. The van der Waals surface area contributed by atoms with Crippen molar-refractivity contribution in [2.75, 3.05) is 7.11 Å². The van der Waals surface area contributed by atoms with E-state index in [0.717, 1.165) is 38.6 Å². The lowest BCUT2D eigenvalue weighted by molar-refractivity contribution is 0.0544. The SMILES string of the molecule is COc1cc(-c2ccc3ccn(C(=O)OC(C)(C)C)c3c2)c2ccccc2c1. The second-order valence-corrected chi connectivity index (χ2v) is 7.84. The van der Waals surface area contributed by atoms with Crippen molar-refractivity contribution in [1.82, 2.24) is 4.57 Å². The zero-order valence-electron chi connectivity index (χ0n) is 16.5. The summed E-state index contributed by atoms with van der Waals surface area (Å²) >= 11 is 0. The van der Waals surface area contributed by atoms with E-state index in [1.54, 1.807) is 17.9 Å². The molecular weight excluding hydrogens is 350 g/mol. The van der Waals surface area contributed by atoms with Crippen LogP contribution in [0.4, 0.5) is 4.79 Å². The van der Waals surface area contributed by atoms with Crippen LogP contribution in [0.1, 0.15) is 20.8 Å². The Morgan fingerprint density at radius 2 is 1.71 bits per heavy atom. The fraction of sp³-hybridized carbons (Fsp3) is 0.208. The van der Waals surface area contributed by atoms with E-state index in [-0.39, 0.29) is 6.09 Å². The molecule has 0 radical (unpaired) electrons. The Labute approximate surface area is 164 Å². The molecule has 0 saturated heterocycles. The molecule has 0 amide bonds. The second kappa shape index (κ2) is 6.71.